The van der Waals surface area contributed by atoms with Crippen molar-refractivity contribution in [3.05, 3.63) is 29.8 Å². The summed E-state index contributed by atoms with van der Waals surface area (Å²) in [6, 6.07) is 6.31. The van der Waals surface area contributed by atoms with Crippen LogP contribution >= 0.6 is 0 Å². The number of unbranched alkanes of at least 4 members (excludes halogenated alkanes) is 1. The number of hydrogen-bond acceptors (Lipinski definition) is 4. The van der Waals surface area contributed by atoms with E-state index < -0.39 is 0 Å². The second-order valence-corrected chi connectivity index (χ2v) is 5.21. The zero-order chi connectivity index (χ0) is 17.1. The number of anilines is 1. The number of carbonyl (C=O) groups is 2. The Morgan fingerprint density at radius 1 is 1.13 bits per heavy atom. The first-order chi connectivity index (χ1) is 11.1. The Kier molecular flexibility index (Phi) is 8.75. The molecule has 1 aromatic rings. The molecule has 6 nitrogen and oxygen atoms in total. The molecule has 0 radical (unpaired) electrons. The zero-order valence-corrected chi connectivity index (χ0v) is 13.9. The van der Waals surface area contributed by atoms with Crippen molar-refractivity contribution in [2.75, 3.05) is 31.6 Å². The van der Waals surface area contributed by atoms with Gasteiger partial charge in [0.15, 0.2) is 0 Å². The van der Waals surface area contributed by atoms with Gasteiger partial charge < -0.3 is 20.1 Å². The summed E-state index contributed by atoms with van der Waals surface area (Å²) in [6.07, 6.45) is 2.63. The van der Waals surface area contributed by atoms with Gasteiger partial charge in [-0.2, -0.15) is 0 Å². The van der Waals surface area contributed by atoms with E-state index in [1.807, 2.05) is 13.8 Å². The van der Waals surface area contributed by atoms with E-state index in [0.717, 1.165) is 19.3 Å². The summed E-state index contributed by atoms with van der Waals surface area (Å²) in [7, 11) is 0. The predicted molar refractivity (Wildman–Crippen MR) is 89.6 cm³/mol. The van der Waals surface area contributed by atoms with Crippen molar-refractivity contribution in [2.45, 2.75) is 33.1 Å². The molecule has 2 N–H and O–H groups in total. The lowest BCUT2D eigenvalue weighted by Gasteiger charge is -2.21. The fraction of sp³-hybridized carbons (Fsp3) is 0.529. The van der Waals surface area contributed by atoms with Gasteiger partial charge in [0.05, 0.1) is 18.8 Å². The highest BCUT2D eigenvalue weighted by Gasteiger charge is 2.12. The molecule has 0 aromatic heterocycles. The van der Waals surface area contributed by atoms with Crippen molar-refractivity contribution in [3.63, 3.8) is 0 Å². The van der Waals surface area contributed by atoms with Gasteiger partial charge in [0.1, 0.15) is 0 Å². The molecule has 1 rings (SSSR count). The molecule has 128 valence electrons. The lowest BCUT2D eigenvalue weighted by Crippen LogP contribution is -2.37. The summed E-state index contributed by atoms with van der Waals surface area (Å²) in [6.45, 7) is 5.22. The maximum atomic E-state index is 12.1. The van der Waals surface area contributed by atoms with Gasteiger partial charge in [-0.1, -0.05) is 20.3 Å². The van der Waals surface area contributed by atoms with Gasteiger partial charge in [0.2, 0.25) is 0 Å². The standard InChI is InChI=1S/C17H26N2O4/c1-3-5-13-23-16(21)14-6-8-15(9-7-14)18-17(22)19(10-4-2)11-12-20/h6-9,20H,3-5,10-13H2,1-2H3,(H,18,22). The summed E-state index contributed by atoms with van der Waals surface area (Å²) in [5.74, 6) is -0.357. The molecule has 0 aliphatic rings. The number of nitrogens with one attached hydrogen (secondary N) is 1. The number of carbonyl (C=O) groups excluding carboxylic acids is 2. The number of aliphatic hydroxyl groups is 1. The minimum absolute atomic E-state index is 0.0735. The molecular weight excluding hydrogens is 296 g/mol. The van der Waals surface area contributed by atoms with Crippen molar-refractivity contribution < 1.29 is 19.4 Å². The molecule has 0 unspecified atom stereocenters. The molecule has 1 aromatic carbocycles. The maximum Gasteiger partial charge on any atom is 0.338 e. The maximum absolute atomic E-state index is 12.1. The van der Waals surface area contributed by atoms with Crippen LogP contribution in [0.5, 0.6) is 0 Å². The number of esters is 1. The molecular formula is C17H26N2O4. The highest BCUT2D eigenvalue weighted by molar-refractivity contribution is 5.92. The van der Waals surface area contributed by atoms with E-state index >= 15 is 0 Å². The number of hydrogen-bond donors (Lipinski definition) is 2. The zero-order valence-electron chi connectivity index (χ0n) is 13.9. The van der Waals surface area contributed by atoms with E-state index in [-0.39, 0.29) is 18.6 Å². The minimum Gasteiger partial charge on any atom is -0.462 e. The van der Waals surface area contributed by atoms with E-state index in [9.17, 15) is 9.59 Å². The monoisotopic (exact) mass is 322 g/mol. The molecule has 23 heavy (non-hydrogen) atoms. The molecule has 0 aliphatic carbocycles. The smallest absolute Gasteiger partial charge is 0.338 e. The fourth-order valence-electron chi connectivity index (χ4n) is 1.99. The number of benzene rings is 1. The lowest BCUT2D eigenvalue weighted by molar-refractivity contribution is 0.0500. The average molecular weight is 322 g/mol. The van der Waals surface area contributed by atoms with Gasteiger partial charge in [0, 0.05) is 18.8 Å². The van der Waals surface area contributed by atoms with E-state index in [1.165, 1.54) is 0 Å². The topological polar surface area (TPSA) is 78.9 Å². The van der Waals surface area contributed by atoms with Crippen LogP contribution in [0.25, 0.3) is 0 Å². The molecule has 0 bridgehead atoms. The number of aliphatic hydroxyl groups excluding tert-OH is 1. The van der Waals surface area contributed by atoms with Gasteiger partial charge in [-0.25, -0.2) is 9.59 Å². The van der Waals surface area contributed by atoms with Crippen LogP contribution in [0.4, 0.5) is 10.5 Å². The van der Waals surface area contributed by atoms with E-state index in [4.69, 9.17) is 9.84 Å². The van der Waals surface area contributed by atoms with Crippen molar-refractivity contribution in [1.82, 2.24) is 4.90 Å². The number of amides is 2. The SMILES string of the molecule is CCCCOC(=O)c1ccc(NC(=O)N(CCC)CCO)cc1. The first-order valence-corrected chi connectivity index (χ1v) is 8.06. The van der Waals surface area contributed by atoms with Gasteiger partial charge in [-0.05, 0) is 37.1 Å². The van der Waals surface area contributed by atoms with E-state index in [0.29, 0.717) is 30.9 Å². The fourth-order valence-corrected chi connectivity index (χ4v) is 1.99. The normalized spacial score (nSPS) is 10.2. The van der Waals surface area contributed by atoms with Crippen LogP contribution in [0.15, 0.2) is 24.3 Å². The highest BCUT2D eigenvalue weighted by atomic mass is 16.5. The summed E-state index contributed by atoms with van der Waals surface area (Å²) >= 11 is 0. The Bertz CT molecular complexity index is 482. The summed E-state index contributed by atoms with van der Waals surface area (Å²) < 4.78 is 5.13. The molecule has 0 fully saturated rings. The van der Waals surface area contributed by atoms with Crippen LogP contribution in [0, 0.1) is 0 Å². The quantitative estimate of drug-likeness (QED) is 0.541. The minimum atomic E-state index is -0.357. The van der Waals surface area contributed by atoms with Gasteiger partial charge in [-0.3, -0.25) is 0 Å². The molecule has 0 heterocycles. The summed E-state index contributed by atoms with van der Waals surface area (Å²) in [5.41, 5.74) is 1.05. The van der Waals surface area contributed by atoms with Gasteiger partial charge in [-0.15, -0.1) is 0 Å². The third kappa shape index (κ3) is 6.69. The molecule has 0 spiro atoms. The van der Waals surface area contributed by atoms with Gasteiger partial charge >= 0.3 is 12.0 Å². The Morgan fingerprint density at radius 2 is 1.83 bits per heavy atom. The molecule has 6 heteroatoms. The Labute approximate surface area is 137 Å². The second kappa shape index (κ2) is 10.6. The Morgan fingerprint density at radius 3 is 2.39 bits per heavy atom. The van der Waals surface area contributed by atoms with E-state index in [1.54, 1.807) is 29.2 Å². The third-order valence-electron chi connectivity index (χ3n) is 3.25. The van der Waals surface area contributed by atoms with Crippen molar-refractivity contribution >= 4 is 17.7 Å². The molecule has 0 atom stereocenters. The van der Waals surface area contributed by atoms with Crippen molar-refractivity contribution in [2.24, 2.45) is 0 Å². The predicted octanol–water partition coefficient (Wildman–Crippen LogP) is 2.88. The van der Waals surface area contributed by atoms with Crippen LogP contribution in [-0.4, -0.2) is 48.3 Å². The summed E-state index contributed by atoms with van der Waals surface area (Å²) in [5, 5.41) is 11.7. The van der Waals surface area contributed by atoms with Crippen molar-refractivity contribution in [1.29, 1.82) is 0 Å². The van der Waals surface area contributed by atoms with Crippen LogP contribution in [0.2, 0.25) is 0 Å². The molecule has 0 aliphatic heterocycles. The number of nitrogens with zero attached hydrogens (tertiary/aromatic N) is 1. The third-order valence-corrected chi connectivity index (χ3v) is 3.25. The van der Waals surface area contributed by atoms with E-state index in [2.05, 4.69) is 5.32 Å². The highest BCUT2D eigenvalue weighted by Crippen LogP contribution is 2.12. The van der Waals surface area contributed by atoms with Crippen LogP contribution < -0.4 is 5.32 Å². The molecule has 0 saturated carbocycles. The first kappa shape index (κ1) is 19.0. The summed E-state index contributed by atoms with van der Waals surface area (Å²) in [4.78, 5) is 25.4. The number of rotatable bonds is 9. The lowest BCUT2D eigenvalue weighted by atomic mass is 10.2. The average Bonchev–Trinajstić information content (AvgIpc) is 2.55. The van der Waals surface area contributed by atoms with Crippen LogP contribution in [0.3, 0.4) is 0 Å². The number of ether oxygens (including phenoxy) is 1. The van der Waals surface area contributed by atoms with Crippen LogP contribution in [-0.2, 0) is 4.74 Å². The first-order valence-electron chi connectivity index (χ1n) is 8.06. The molecule has 2 amide bonds. The second-order valence-electron chi connectivity index (χ2n) is 5.21. The number of urea groups is 1. The molecule has 0 saturated heterocycles. The Hall–Kier alpha value is -2.08. The Balaban J connectivity index is 2.58. The van der Waals surface area contributed by atoms with Gasteiger partial charge in [0.25, 0.3) is 0 Å². The van der Waals surface area contributed by atoms with Crippen LogP contribution in [0.1, 0.15) is 43.5 Å². The van der Waals surface area contributed by atoms with Crippen molar-refractivity contribution in [3.8, 4) is 0 Å². The largest absolute Gasteiger partial charge is 0.462 e.